The summed E-state index contributed by atoms with van der Waals surface area (Å²) in [5, 5.41) is 14.2. The number of anilines is 1. The van der Waals surface area contributed by atoms with Gasteiger partial charge in [-0.05, 0) is 48.7 Å². The fourth-order valence-corrected chi connectivity index (χ4v) is 3.98. The largest absolute Gasteiger partial charge is 0.379 e. The highest BCUT2D eigenvalue weighted by molar-refractivity contribution is 6.36. The number of ether oxygens (including phenoxy) is 1. The predicted molar refractivity (Wildman–Crippen MR) is 124 cm³/mol. The minimum Gasteiger partial charge on any atom is -0.379 e. The number of rotatable bonds is 7. The summed E-state index contributed by atoms with van der Waals surface area (Å²) in [6.45, 7) is 7.47. The van der Waals surface area contributed by atoms with Gasteiger partial charge in [-0.25, -0.2) is 0 Å². The lowest BCUT2D eigenvalue weighted by Crippen LogP contribution is -2.43. The third kappa shape index (κ3) is 4.79. The Morgan fingerprint density at radius 1 is 1.00 bits per heavy atom. The van der Waals surface area contributed by atoms with Gasteiger partial charge < -0.3 is 10.1 Å². The number of benzene rings is 2. The van der Waals surface area contributed by atoms with E-state index in [1.807, 2.05) is 32.0 Å². The molecule has 0 unspecified atom stereocenters. The summed E-state index contributed by atoms with van der Waals surface area (Å²) in [6.07, 6.45) is 0. The summed E-state index contributed by atoms with van der Waals surface area (Å²) in [7, 11) is 0. The first-order valence-electron chi connectivity index (χ1n) is 10.8. The summed E-state index contributed by atoms with van der Waals surface area (Å²) in [5.74, 6) is -0.808. The molecule has 0 saturated carbocycles. The van der Waals surface area contributed by atoms with Gasteiger partial charge in [-0.3, -0.25) is 29.5 Å². The van der Waals surface area contributed by atoms with Crippen molar-refractivity contribution >= 4 is 28.8 Å². The van der Waals surface area contributed by atoms with E-state index in [0.717, 1.165) is 29.9 Å². The van der Waals surface area contributed by atoms with E-state index in [-0.39, 0.29) is 23.5 Å². The van der Waals surface area contributed by atoms with Crippen molar-refractivity contribution in [1.82, 2.24) is 9.80 Å². The molecule has 2 heterocycles. The molecule has 2 aromatic rings. The minimum atomic E-state index is -0.496. The van der Waals surface area contributed by atoms with E-state index in [1.54, 1.807) is 0 Å². The van der Waals surface area contributed by atoms with Gasteiger partial charge in [0, 0.05) is 44.0 Å². The zero-order chi connectivity index (χ0) is 23.5. The van der Waals surface area contributed by atoms with Gasteiger partial charge in [0.25, 0.3) is 17.5 Å². The first kappa shape index (κ1) is 22.6. The molecule has 9 heteroatoms. The Morgan fingerprint density at radius 2 is 1.70 bits per heavy atom. The molecule has 2 amide bonds. The quantitative estimate of drug-likeness (QED) is 0.393. The minimum absolute atomic E-state index is 0.0793. The molecule has 1 saturated heterocycles. The number of hydrogen-bond donors (Lipinski definition) is 1. The summed E-state index contributed by atoms with van der Waals surface area (Å²) in [5.41, 5.74) is 3.47. The summed E-state index contributed by atoms with van der Waals surface area (Å²) >= 11 is 0. The lowest BCUT2D eigenvalue weighted by molar-refractivity contribution is -0.384. The van der Waals surface area contributed by atoms with E-state index in [4.69, 9.17) is 4.74 Å². The standard InChI is InChI=1S/C24H26N4O5/c1-16-3-4-17(2)20(15-16)25-22-21(18-5-7-19(8-6-18)28(31)32)23(29)27(24(22)30)10-9-26-11-13-33-14-12-26/h3-8,15,25H,9-14H2,1-2H3. The Hall–Kier alpha value is -3.56. The van der Waals surface area contributed by atoms with Gasteiger partial charge in [0.1, 0.15) is 5.70 Å². The highest BCUT2D eigenvalue weighted by atomic mass is 16.6. The summed E-state index contributed by atoms with van der Waals surface area (Å²) in [4.78, 5) is 40.7. The van der Waals surface area contributed by atoms with E-state index >= 15 is 0 Å². The van der Waals surface area contributed by atoms with E-state index < -0.39 is 16.7 Å². The van der Waals surface area contributed by atoms with E-state index in [0.29, 0.717) is 25.3 Å². The van der Waals surface area contributed by atoms with Gasteiger partial charge >= 0.3 is 0 Å². The second-order valence-electron chi connectivity index (χ2n) is 8.21. The molecule has 0 bridgehead atoms. The predicted octanol–water partition coefficient (Wildman–Crippen LogP) is 2.74. The number of amides is 2. The van der Waals surface area contributed by atoms with Crippen LogP contribution in [0.4, 0.5) is 11.4 Å². The third-order valence-corrected chi connectivity index (χ3v) is 5.93. The molecular weight excluding hydrogens is 424 g/mol. The molecule has 0 aliphatic carbocycles. The van der Waals surface area contributed by atoms with Crippen molar-refractivity contribution in [3.05, 3.63) is 75.0 Å². The second-order valence-corrected chi connectivity index (χ2v) is 8.21. The van der Waals surface area contributed by atoms with Crippen molar-refractivity contribution < 1.29 is 19.2 Å². The van der Waals surface area contributed by atoms with E-state index in [1.165, 1.54) is 29.2 Å². The number of nitro groups is 1. The second kappa shape index (κ2) is 9.51. The molecule has 4 rings (SSSR count). The van der Waals surface area contributed by atoms with Gasteiger partial charge in [-0.2, -0.15) is 0 Å². The van der Waals surface area contributed by atoms with E-state index in [9.17, 15) is 19.7 Å². The van der Waals surface area contributed by atoms with Gasteiger partial charge in [0.2, 0.25) is 0 Å². The maximum Gasteiger partial charge on any atom is 0.278 e. The average Bonchev–Trinajstić information content (AvgIpc) is 3.04. The average molecular weight is 450 g/mol. The van der Waals surface area contributed by atoms with Crippen LogP contribution in [0.1, 0.15) is 16.7 Å². The van der Waals surface area contributed by atoms with Crippen LogP contribution in [0, 0.1) is 24.0 Å². The number of aryl methyl sites for hydroxylation is 2. The Balaban J connectivity index is 1.67. The number of carbonyl (C=O) groups is 2. The van der Waals surface area contributed by atoms with Crippen molar-refractivity contribution in [3.63, 3.8) is 0 Å². The van der Waals surface area contributed by atoms with Crippen LogP contribution in [-0.2, 0) is 14.3 Å². The normalized spacial score (nSPS) is 17.1. The molecule has 0 aromatic heterocycles. The molecule has 2 aliphatic heterocycles. The molecule has 1 N–H and O–H groups in total. The number of carbonyl (C=O) groups excluding carboxylic acids is 2. The molecule has 33 heavy (non-hydrogen) atoms. The fourth-order valence-electron chi connectivity index (χ4n) is 3.98. The lowest BCUT2D eigenvalue weighted by Gasteiger charge is -2.28. The topological polar surface area (TPSA) is 105 Å². The molecule has 1 fully saturated rings. The number of imide groups is 1. The van der Waals surface area contributed by atoms with Crippen molar-refractivity contribution in [2.75, 3.05) is 44.7 Å². The number of hydrogen-bond acceptors (Lipinski definition) is 7. The zero-order valence-electron chi connectivity index (χ0n) is 18.7. The number of nitro benzene ring substituents is 1. The van der Waals surface area contributed by atoms with Gasteiger partial charge in [0.15, 0.2) is 0 Å². The Kier molecular flexibility index (Phi) is 6.52. The third-order valence-electron chi connectivity index (χ3n) is 5.93. The Labute approximate surface area is 191 Å². The van der Waals surface area contributed by atoms with Crippen molar-refractivity contribution in [2.45, 2.75) is 13.8 Å². The molecular formula is C24H26N4O5. The first-order valence-corrected chi connectivity index (χ1v) is 10.8. The van der Waals surface area contributed by atoms with Crippen LogP contribution in [-0.4, -0.2) is 65.9 Å². The van der Waals surface area contributed by atoms with Crippen molar-refractivity contribution in [2.24, 2.45) is 0 Å². The van der Waals surface area contributed by atoms with Crippen LogP contribution < -0.4 is 5.32 Å². The molecule has 172 valence electrons. The maximum atomic E-state index is 13.4. The smallest absolute Gasteiger partial charge is 0.278 e. The monoisotopic (exact) mass is 450 g/mol. The van der Waals surface area contributed by atoms with Crippen molar-refractivity contribution in [3.8, 4) is 0 Å². The number of non-ortho nitro benzene ring substituents is 1. The van der Waals surface area contributed by atoms with Crippen LogP contribution in [0.2, 0.25) is 0 Å². The number of morpholine rings is 1. The molecule has 0 radical (unpaired) electrons. The van der Waals surface area contributed by atoms with Crippen LogP contribution in [0.3, 0.4) is 0 Å². The van der Waals surface area contributed by atoms with Crippen molar-refractivity contribution in [1.29, 1.82) is 0 Å². The SMILES string of the molecule is Cc1ccc(C)c(NC2=C(c3ccc([N+](=O)[O-])cc3)C(=O)N(CCN3CCOCC3)C2=O)c1. The Morgan fingerprint density at radius 3 is 2.36 bits per heavy atom. The van der Waals surface area contributed by atoms with Crippen LogP contribution in [0.15, 0.2) is 48.2 Å². The lowest BCUT2D eigenvalue weighted by atomic mass is 10.0. The summed E-state index contributed by atoms with van der Waals surface area (Å²) < 4.78 is 5.36. The summed E-state index contributed by atoms with van der Waals surface area (Å²) in [6, 6.07) is 11.5. The zero-order valence-corrected chi connectivity index (χ0v) is 18.7. The highest BCUT2D eigenvalue weighted by Crippen LogP contribution is 2.32. The van der Waals surface area contributed by atoms with E-state index in [2.05, 4.69) is 10.2 Å². The molecule has 2 aromatic carbocycles. The van der Waals surface area contributed by atoms with Crippen LogP contribution in [0.25, 0.3) is 5.57 Å². The fraction of sp³-hybridized carbons (Fsp3) is 0.333. The van der Waals surface area contributed by atoms with Gasteiger partial charge in [-0.15, -0.1) is 0 Å². The number of nitrogens with one attached hydrogen (secondary N) is 1. The maximum absolute atomic E-state index is 13.4. The molecule has 0 atom stereocenters. The van der Waals surface area contributed by atoms with Gasteiger partial charge in [0.05, 0.1) is 23.7 Å². The highest BCUT2D eigenvalue weighted by Gasteiger charge is 2.39. The van der Waals surface area contributed by atoms with Crippen LogP contribution >= 0.6 is 0 Å². The molecule has 2 aliphatic rings. The van der Waals surface area contributed by atoms with Crippen LogP contribution in [0.5, 0.6) is 0 Å². The number of nitrogens with zero attached hydrogens (tertiary/aromatic N) is 3. The first-order chi connectivity index (χ1) is 15.8. The van der Waals surface area contributed by atoms with Gasteiger partial charge in [-0.1, -0.05) is 12.1 Å². The Bertz CT molecular complexity index is 1120. The molecule has 0 spiro atoms. The molecule has 9 nitrogen and oxygen atoms in total.